The van der Waals surface area contributed by atoms with Gasteiger partial charge in [0.2, 0.25) is 0 Å². The predicted molar refractivity (Wildman–Crippen MR) is 36.3 cm³/mol. The maximum atomic E-state index is 10.7. The lowest BCUT2D eigenvalue weighted by Crippen LogP contribution is -3.00. The summed E-state index contributed by atoms with van der Waals surface area (Å²) in [4.78, 5) is 0. The van der Waals surface area contributed by atoms with E-state index in [1.165, 1.54) is 0 Å². The third-order valence-electron chi connectivity index (χ3n) is 1.32. The Hall–Kier alpha value is 0.490. The smallest absolute Gasteiger partial charge is 0.153 e. The average molecular weight is 205 g/mol. The molecule has 0 aromatic heterocycles. The largest absolute Gasteiger partial charge is 1.00 e. The zero-order valence-corrected chi connectivity index (χ0v) is 7.46. The third kappa shape index (κ3) is 2.27. The number of sulfone groups is 1. The second-order valence-corrected chi connectivity index (χ2v) is 4.97. The van der Waals surface area contributed by atoms with E-state index in [1.807, 2.05) is 0 Å². The van der Waals surface area contributed by atoms with Crippen LogP contribution in [0, 0.1) is 0 Å². The first kappa shape index (κ1) is 10.5. The second-order valence-electron chi connectivity index (χ2n) is 2.26. The number of alkyl halides is 1. The van der Waals surface area contributed by atoms with Gasteiger partial charge in [-0.3, -0.25) is 0 Å². The molecule has 1 saturated heterocycles. The van der Waals surface area contributed by atoms with Crippen molar-refractivity contribution in [3.05, 3.63) is 0 Å². The summed E-state index contributed by atoms with van der Waals surface area (Å²) < 4.78 is 21.4. The van der Waals surface area contributed by atoms with E-state index in [0.717, 1.165) is 0 Å². The summed E-state index contributed by atoms with van der Waals surface area (Å²) in [6.45, 7) is 0. The fourth-order valence-electron chi connectivity index (χ4n) is 0.832. The predicted octanol–water partition coefficient (Wildman–Crippen LogP) is -3.65. The molecular weight excluding hydrogens is 197 g/mol. The standard InChI is InChI=1S/C4H8ClNO2S.ClH/c5-3-1-9(7,8)2-4(3)6;/h3-4H,1-2,6H2;1H/p-1. The Balaban J connectivity index is 0.000000810. The Morgan fingerprint density at radius 3 is 2.00 bits per heavy atom. The highest BCUT2D eigenvalue weighted by Crippen LogP contribution is 2.15. The van der Waals surface area contributed by atoms with E-state index in [2.05, 4.69) is 0 Å². The fraction of sp³-hybridized carbons (Fsp3) is 1.00. The molecule has 1 aliphatic rings. The molecule has 2 unspecified atom stereocenters. The Morgan fingerprint density at radius 2 is 1.90 bits per heavy atom. The molecule has 0 aromatic rings. The monoisotopic (exact) mass is 204 g/mol. The van der Waals surface area contributed by atoms with E-state index in [4.69, 9.17) is 17.3 Å². The van der Waals surface area contributed by atoms with Crippen LogP contribution in [0.25, 0.3) is 0 Å². The molecule has 2 N–H and O–H groups in total. The van der Waals surface area contributed by atoms with Gasteiger partial charge in [-0.2, -0.15) is 0 Å². The van der Waals surface area contributed by atoms with Crippen LogP contribution in [-0.4, -0.2) is 31.3 Å². The van der Waals surface area contributed by atoms with Crippen LogP contribution in [0.1, 0.15) is 0 Å². The minimum Gasteiger partial charge on any atom is -1.00 e. The summed E-state index contributed by atoms with van der Waals surface area (Å²) in [5.74, 6) is 0.0802. The molecule has 0 spiro atoms. The van der Waals surface area contributed by atoms with Crippen molar-refractivity contribution in [3.63, 3.8) is 0 Å². The van der Waals surface area contributed by atoms with Crippen molar-refractivity contribution in [1.29, 1.82) is 0 Å². The van der Waals surface area contributed by atoms with Gasteiger partial charge < -0.3 is 18.1 Å². The van der Waals surface area contributed by atoms with Crippen molar-refractivity contribution in [1.82, 2.24) is 0 Å². The normalized spacial score (nSPS) is 37.0. The molecule has 62 valence electrons. The van der Waals surface area contributed by atoms with Crippen LogP contribution >= 0.6 is 11.6 Å². The summed E-state index contributed by atoms with van der Waals surface area (Å²) in [6, 6.07) is -0.364. The molecule has 0 saturated carbocycles. The molecular formula is C4H8Cl2NO2S-. The van der Waals surface area contributed by atoms with Crippen LogP contribution in [0.2, 0.25) is 0 Å². The summed E-state index contributed by atoms with van der Waals surface area (Å²) in [5, 5.41) is -0.380. The number of halogens is 2. The lowest BCUT2D eigenvalue weighted by atomic mass is 10.3. The number of rotatable bonds is 0. The Morgan fingerprint density at radius 1 is 1.40 bits per heavy atom. The molecule has 0 amide bonds. The third-order valence-corrected chi connectivity index (χ3v) is 3.74. The zero-order valence-electron chi connectivity index (χ0n) is 5.13. The van der Waals surface area contributed by atoms with Crippen LogP contribution in [0.3, 0.4) is 0 Å². The molecule has 3 nitrogen and oxygen atoms in total. The lowest BCUT2D eigenvalue weighted by Gasteiger charge is -2.00. The molecule has 1 rings (SSSR count). The summed E-state index contributed by atoms with van der Waals surface area (Å²) in [6.07, 6.45) is 0. The van der Waals surface area contributed by atoms with E-state index in [0.29, 0.717) is 0 Å². The first-order valence-electron chi connectivity index (χ1n) is 2.61. The average Bonchev–Trinajstić information content (AvgIpc) is 1.79. The molecule has 0 bridgehead atoms. The maximum absolute atomic E-state index is 10.7. The van der Waals surface area contributed by atoms with Gasteiger partial charge in [0.05, 0.1) is 16.9 Å². The molecule has 1 aliphatic heterocycles. The molecule has 0 radical (unpaired) electrons. The summed E-state index contributed by atoms with van der Waals surface area (Å²) in [7, 11) is -2.90. The van der Waals surface area contributed by atoms with Gasteiger partial charge in [-0.05, 0) is 0 Å². The van der Waals surface area contributed by atoms with E-state index in [1.54, 1.807) is 0 Å². The molecule has 0 aromatic carbocycles. The van der Waals surface area contributed by atoms with Crippen LogP contribution < -0.4 is 18.1 Å². The summed E-state index contributed by atoms with van der Waals surface area (Å²) >= 11 is 5.54. The van der Waals surface area contributed by atoms with Crippen LogP contribution in [0.4, 0.5) is 0 Å². The first-order chi connectivity index (χ1) is 4.01. The van der Waals surface area contributed by atoms with E-state index >= 15 is 0 Å². The van der Waals surface area contributed by atoms with Crippen molar-refractivity contribution in [2.75, 3.05) is 11.5 Å². The second kappa shape index (κ2) is 3.26. The molecule has 2 atom stereocenters. The van der Waals surface area contributed by atoms with Gasteiger partial charge in [-0.25, -0.2) is 8.42 Å². The SMILES string of the molecule is NC1CS(=O)(=O)CC1Cl.[Cl-]. The van der Waals surface area contributed by atoms with Gasteiger partial charge >= 0.3 is 0 Å². The minimum absolute atomic E-state index is 0. The van der Waals surface area contributed by atoms with E-state index < -0.39 is 9.84 Å². The lowest BCUT2D eigenvalue weighted by molar-refractivity contribution is -0.00000441. The molecule has 1 heterocycles. The van der Waals surface area contributed by atoms with Crippen molar-refractivity contribution in [2.24, 2.45) is 5.73 Å². The molecule has 1 fully saturated rings. The topological polar surface area (TPSA) is 60.2 Å². The minimum atomic E-state index is -2.90. The number of hydrogen-bond donors (Lipinski definition) is 1. The fourth-order valence-corrected chi connectivity index (χ4v) is 3.29. The maximum Gasteiger partial charge on any atom is 0.153 e. The van der Waals surface area contributed by atoms with Crippen LogP contribution in [0.5, 0.6) is 0 Å². The highest BCUT2D eigenvalue weighted by atomic mass is 35.5. The van der Waals surface area contributed by atoms with Gasteiger partial charge in [0.15, 0.2) is 9.84 Å². The van der Waals surface area contributed by atoms with Gasteiger partial charge in [0, 0.05) is 6.04 Å². The van der Waals surface area contributed by atoms with Crippen molar-refractivity contribution in [3.8, 4) is 0 Å². The van der Waals surface area contributed by atoms with Crippen molar-refractivity contribution in [2.45, 2.75) is 11.4 Å². The number of hydrogen-bond acceptors (Lipinski definition) is 3. The van der Waals surface area contributed by atoms with Crippen LogP contribution in [0.15, 0.2) is 0 Å². The van der Waals surface area contributed by atoms with Crippen LogP contribution in [-0.2, 0) is 9.84 Å². The van der Waals surface area contributed by atoms with Gasteiger partial charge in [0.1, 0.15) is 0 Å². The van der Waals surface area contributed by atoms with Crippen molar-refractivity contribution >= 4 is 21.4 Å². The molecule has 6 heteroatoms. The van der Waals surface area contributed by atoms with E-state index in [-0.39, 0.29) is 35.3 Å². The van der Waals surface area contributed by atoms with E-state index in [9.17, 15) is 8.42 Å². The Bertz CT molecular complexity index is 187. The molecule has 0 aliphatic carbocycles. The highest BCUT2D eigenvalue weighted by Gasteiger charge is 2.33. The van der Waals surface area contributed by atoms with Gasteiger partial charge in [-0.15, -0.1) is 11.6 Å². The summed E-state index contributed by atoms with van der Waals surface area (Å²) in [5.41, 5.74) is 5.34. The highest BCUT2D eigenvalue weighted by molar-refractivity contribution is 7.91. The van der Waals surface area contributed by atoms with Crippen molar-refractivity contribution < 1.29 is 20.8 Å². The molecule has 10 heavy (non-hydrogen) atoms. The Labute approximate surface area is 71.2 Å². The van der Waals surface area contributed by atoms with Gasteiger partial charge in [0.25, 0.3) is 0 Å². The Kier molecular flexibility index (Phi) is 3.42. The number of nitrogens with two attached hydrogens (primary N) is 1. The quantitative estimate of drug-likeness (QED) is 0.415. The zero-order chi connectivity index (χ0) is 7.07. The van der Waals surface area contributed by atoms with Gasteiger partial charge in [-0.1, -0.05) is 0 Å². The first-order valence-corrected chi connectivity index (χ1v) is 4.87.